The molecule has 2 N–H and O–H groups in total. The van der Waals surface area contributed by atoms with Gasteiger partial charge in [0.05, 0.1) is 0 Å². The molecule has 0 saturated carbocycles. The predicted molar refractivity (Wildman–Crippen MR) is 74.3 cm³/mol. The SMILES string of the molecule is CCC(CC(=O)NC(CC(F)F)C(=O)O)c1ccccc1. The molecule has 0 saturated heterocycles. The Kier molecular flexibility index (Phi) is 6.78. The summed E-state index contributed by atoms with van der Waals surface area (Å²) >= 11 is 0. The van der Waals surface area contributed by atoms with Gasteiger partial charge in [0.25, 0.3) is 0 Å². The largest absolute Gasteiger partial charge is 0.480 e. The van der Waals surface area contributed by atoms with Crippen LogP contribution in [0.15, 0.2) is 30.3 Å². The topological polar surface area (TPSA) is 66.4 Å². The van der Waals surface area contributed by atoms with E-state index in [9.17, 15) is 18.4 Å². The quantitative estimate of drug-likeness (QED) is 0.775. The second-order valence-corrected chi connectivity index (χ2v) is 4.81. The lowest BCUT2D eigenvalue weighted by atomic mass is 9.93. The van der Waals surface area contributed by atoms with E-state index < -0.39 is 30.8 Å². The highest BCUT2D eigenvalue weighted by atomic mass is 19.3. The first kappa shape index (κ1) is 17.1. The molecule has 0 spiro atoms. The Labute approximate surface area is 122 Å². The molecule has 2 atom stereocenters. The fourth-order valence-corrected chi connectivity index (χ4v) is 2.10. The average molecular weight is 299 g/mol. The van der Waals surface area contributed by atoms with Crippen molar-refractivity contribution in [2.75, 3.05) is 0 Å². The molecule has 0 aliphatic heterocycles. The lowest BCUT2D eigenvalue weighted by molar-refractivity contribution is -0.143. The second kappa shape index (κ2) is 8.34. The van der Waals surface area contributed by atoms with E-state index in [4.69, 9.17) is 5.11 Å². The van der Waals surface area contributed by atoms with Crippen LogP contribution < -0.4 is 5.32 Å². The Morgan fingerprint density at radius 1 is 1.24 bits per heavy atom. The van der Waals surface area contributed by atoms with Crippen molar-refractivity contribution in [3.63, 3.8) is 0 Å². The number of aliphatic carboxylic acids is 1. The van der Waals surface area contributed by atoms with Gasteiger partial charge >= 0.3 is 5.97 Å². The Bertz CT molecular complexity index is 465. The number of nitrogens with one attached hydrogen (secondary N) is 1. The van der Waals surface area contributed by atoms with Gasteiger partial charge in [-0.25, -0.2) is 13.6 Å². The normalized spacial score (nSPS) is 13.7. The number of hydrogen-bond acceptors (Lipinski definition) is 2. The number of carboxylic acid groups (broad SMARTS) is 1. The van der Waals surface area contributed by atoms with Gasteiger partial charge in [-0.2, -0.15) is 0 Å². The minimum absolute atomic E-state index is 0.0628. The maximum Gasteiger partial charge on any atom is 0.326 e. The summed E-state index contributed by atoms with van der Waals surface area (Å²) in [4.78, 5) is 22.7. The minimum atomic E-state index is -2.78. The lowest BCUT2D eigenvalue weighted by Gasteiger charge is -2.18. The molecule has 0 heterocycles. The summed E-state index contributed by atoms with van der Waals surface area (Å²) in [5, 5.41) is 11.0. The number of halogens is 2. The summed E-state index contributed by atoms with van der Waals surface area (Å²) in [6.45, 7) is 1.92. The lowest BCUT2D eigenvalue weighted by Crippen LogP contribution is -2.42. The number of hydrogen-bond donors (Lipinski definition) is 2. The zero-order valence-corrected chi connectivity index (χ0v) is 11.8. The van der Waals surface area contributed by atoms with E-state index in [-0.39, 0.29) is 12.3 Å². The Balaban J connectivity index is 2.64. The van der Waals surface area contributed by atoms with E-state index in [0.717, 1.165) is 5.56 Å². The van der Waals surface area contributed by atoms with Crippen LogP contribution in [-0.2, 0) is 9.59 Å². The zero-order valence-electron chi connectivity index (χ0n) is 11.8. The van der Waals surface area contributed by atoms with Crippen molar-refractivity contribution in [2.24, 2.45) is 0 Å². The van der Waals surface area contributed by atoms with Gasteiger partial charge < -0.3 is 10.4 Å². The van der Waals surface area contributed by atoms with Gasteiger partial charge in [0.1, 0.15) is 6.04 Å². The predicted octanol–water partition coefficient (Wildman–Crippen LogP) is 2.79. The Morgan fingerprint density at radius 2 is 1.86 bits per heavy atom. The first-order valence-electron chi connectivity index (χ1n) is 6.79. The standard InChI is InChI=1S/C15H19F2NO3/c1-2-10(11-6-4-3-5-7-11)8-14(19)18-12(15(20)21)9-13(16)17/h3-7,10,12-13H,2,8-9H2,1H3,(H,18,19)(H,20,21). The van der Waals surface area contributed by atoms with Crippen LogP contribution in [0.3, 0.4) is 0 Å². The second-order valence-electron chi connectivity index (χ2n) is 4.81. The fraction of sp³-hybridized carbons (Fsp3) is 0.467. The fourth-order valence-electron chi connectivity index (χ4n) is 2.10. The number of carbonyl (C=O) groups is 2. The Hall–Kier alpha value is -1.98. The highest BCUT2D eigenvalue weighted by Crippen LogP contribution is 2.22. The zero-order chi connectivity index (χ0) is 15.8. The molecule has 1 aromatic carbocycles. The summed E-state index contributed by atoms with van der Waals surface area (Å²) in [5.74, 6) is -2.04. The molecular formula is C15H19F2NO3. The van der Waals surface area contributed by atoms with Crippen LogP contribution in [0.1, 0.15) is 37.7 Å². The first-order valence-corrected chi connectivity index (χ1v) is 6.79. The van der Waals surface area contributed by atoms with Crippen molar-refractivity contribution in [1.29, 1.82) is 0 Å². The van der Waals surface area contributed by atoms with Crippen molar-refractivity contribution >= 4 is 11.9 Å². The number of rotatable bonds is 8. The molecule has 0 fully saturated rings. The van der Waals surface area contributed by atoms with Crippen LogP contribution in [0.4, 0.5) is 8.78 Å². The summed E-state index contributed by atoms with van der Waals surface area (Å²) in [6.07, 6.45) is -2.89. The Morgan fingerprint density at radius 3 is 2.33 bits per heavy atom. The molecule has 0 aliphatic rings. The number of benzene rings is 1. The van der Waals surface area contributed by atoms with Crippen molar-refractivity contribution in [3.05, 3.63) is 35.9 Å². The summed E-state index contributed by atoms with van der Waals surface area (Å²) in [7, 11) is 0. The molecule has 0 aliphatic carbocycles. The van der Waals surface area contributed by atoms with Crippen LogP contribution in [0.2, 0.25) is 0 Å². The third-order valence-corrected chi connectivity index (χ3v) is 3.24. The van der Waals surface area contributed by atoms with Gasteiger partial charge in [0.2, 0.25) is 12.3 Å². The van der Waals surface area contributed by atoms with Crippen LogP contribution in [0.25, 0.3) is 0 Å². The molecule has 21 heavy (non-hydrogen) atoms. The molecule has 2 unspecified atom stereocenters. The van der Waals surface area contributed by atoms with Crippen LogP contribution in [0, 0.1) is 0 Å². The van der Waals surface area contributed by atoms with Crippen molar-refractivity contribution < 1.29 is 23.5 Å². The van der Waals surface area contributed by atoms with Crippen molar-refractivity contribution in [2.45, 2.75) is 44.6 Å². The third kappa shape index (κ3) is 5.89. The van der Waals surface area contributed by atoms with Crippen molar-refractivity contribution in [3.8, 4) is 0 Å². The van der Waals surface area contributed by atoms with E-state index in [1.807, 2.05) is 37.3 Å². The van der Waals surface area contributed by atoms with Gasteiger partial charge in [-0.05, 0) is 17.9 Å². The maximum atomic E-state index is 12.3. The number of amides is 1. The third-order valence-electron chi connectivity index (χ3n) is 3.24. The van der Waals surface area contributed by atoms with Crippen molar-refractivity contribution in [1.82, 2.24) is 5.32 Å². The number of carbonyl (C=O) groups excluding carboxylic acids is 1. The van der Waals surface area contributed by atoms with E-state index in [1.165, 1.54) is 0 Å². The van der Waals surface area contributed by atoms with E-state index >= 15 is 0 Å². The smallest absolute Gasteiger partial charge is 0.326 e. The first-order chi connectivity index (χ1) is 9.93. The van der Waals surface area contributed by atoms with Gasteiger partial charge in [-0.3, -0.25) is 4.79 Å². The van der Waals surface area contributed by atoms with E-state index in [1.54, 1.807) is 0 Å². The summed E-state index contributed by atoms with van der Waals surface area (Å²) < 4.78 is 24.5. The molecular weight excluding hydrogens is 280 g/mol. The van der Waals surface area contributed by atoms with Gasteiger partial charge in [0.15, 0.2) is 0 Å². The minimum Gasteiger partial charge on any atom is -0.480 e. The van der Waals surface area contributed by atoms with Crippen LogP contribution in [0.5, 0.6) is 0 Å². The molecule has 0 radical (unpaired) electrons. The monoisotopic (exact) mass is 299 g/mol. The van der Waals surface area contributed by atoms with Gasteiger partial charge in [0, 0.05) is 12.8 Å². The average Bonchev–Trinajstić information content (AvgIpc) is 2.44. The molecule has 1 aromatic rings. The maximum absolute atomic E-state index is 12.3. The molecule has 116 valence electrons. The van der Waals surface area contributed by atoms with Crippen LogP contribution in [-0.4, -0.2) is 29.5 Å². The van der Waals surface area contributed by atoms with E-state index in [0.29, 0.717) is 6.42 Å². The molecule has 0 aromatic heterocycles. The summed E-state index contributed by atoms with van der Waals surface area (Å²) in [5.41, 5.74) is 0.968. The van der Waals surface area contributed by atoms with E-state index in [2.05, 4.69) is 5.32 Å². The van der Waals surface area contributed by atoms with Gasteiger partial charge in [-0.15, -0.1) is 0 Å². The number of carboxylic acids is 1. The highest BCUT2D eigenvalue weighted by Gasteiger charge is 2.25. The molecule has 1 amide bonds. The summed E-state index contributed by atoms with van der Waals surface area (Å²) in [6, 6.07) is 7.79. The molecule has 1 rings (SSSR count). The molecule has 4 nitrogen and oxygen atoms in total. The molecule has 0 bridgehead atoms. The van der Waals surface area contributed by atoms with Gasteiger partial charge in [-0.1, -0.05) is 37.3 Å². The highest BCUT2D eigenvalue weighted by molar-refractivity contribution is 5.83. The molecule has 6 heteroatoms. The van der Waals surface area contributed by atoms with Crippen LogP contribution >= 0.6 is 0 Å². The number of alkyl halides is 2.